The number of H-pyrrole nitrogens is 2. The number of amides is 2. The maximum Gasteiger partial charge on any atom is 0.257 e. The molecule has 1 saturated heterocycles. The van der Waals surface area contributed by atoms with Crippen LogP contribution in [0.15, 0.2) is 36.5 Å². The number of hydrogen-bond donors (Lipinski definition) is 3. The van der Waals surface area contributed by atoms with E-state index in [0.29, 0.717) is 42.1 Å². The zero-order chi connectivity index (χ0) is 21.1. The minimum atomic E-state index is -0.356. The zero-order valence-electron chi connectivity index (χ0n) is 16.6. The van der Waals surface area contributed by atoms with Crippen molar-refractivity contribution in [1.29, 1.82) is 0 Å². The van der Waals surface area contributed by atoms with Gasteiger partial charge < -0.3 is 10.2 Å². The molecule has 1 aliphatic rings. The largest absolute Gasteiger partial charge is 0.339 e. The van der Waals surface area contributed by atoms with E-state index in [1.165, 1.54) is 6.07 Å². The molecule has 1 aliphatic heterocycles. The Kier molecular flexibility index (Phi) is 5.60. The van der Waals surface area contributed by atoms with Gasteiger partial charge in [-0.15, -0.1) is 0 Å². The Balaban J connectivity index is 1.28. The maximum absolute atomic E-state index is 13.9. The normalized spacial score (nSPS) is 14.7. The van der Waals surface area contributed by atoms with E-state index in [9.17, 15) is 14.0 Å². The number of aryl methyl sites for hydroxylation is 1. The van der Waals surface area contributed by atoms with Gasteiger partial charge in [0.15, 0.2) is 5.82 Å². The summed E-state index contributed by atoms with van der Waals surface area (Å²) in [5.74, 6) is 0.0371. The monoisotopic (exact) mass is 410 g/mol. The molecule has 1 fully saturated rings. The molecule has 2 amide bonds. The Morgan fingerprint density at radius 3 is 2.70 bits per heavy atom. The van der Waals surface area contributed by atoms with Crippen molar-refractivity contribution in [1.82, 2.24) is 25.3 Å². The van der Waals surface area contributed by atoms with E-state index in [0.717, 1.165) is 18.5 Å². The number of anilines is 1. The number of nitrogens with zero attached hydrogens (tertiary/aromatic N) is 3. The molecule has 0 saturated carbocycles. The van der Waals surface area contributed by atoms with Gasteiger partial charge in [0.2, 0.25) is 5.91 Å². The number of likely N-dealkylation sites (tertiary alicyclic amines) is 1. The maximum atomic E-state index is 13.9. The topological polar surface area (TPSA) is 107 Å². The highest BCUT2D eigenvalue weighted by atomic mass is 19.1. The van der Waals surface area contributed by atoms with Gasteiger partial charge >= 0.3 is 0 Å². The van der Waals surface area contributed by atoms with E-state index in [4.69, 9.17) is 0 Å². The van der Waals surface area contributed by atoms with Crippen LogP contribution in [0.3, 0.4) is 0 Å². The molecule has 156 valence electrons. The lowest BCUT2D eigenvalue weighted by Gasteiger charge is -2.31. The predicted octanol–water partition coefficient (Wildman–Crippen LogP) is 3.13. The molecular formula is C21H23FN6O2. The lowest BCUT2D eigenvalue weighted by atomic mass is 9.93. The highest BCUT2D eigenvalue weighted by Crippen LogP contribution is 2.25. The Morgan fingerprint density at radius 2 is 2.00 bits per heavy atom. The zero-order valence-corrected chi connectivity index (χ0v) is 16.6. The summed E-state index contributed by atoms with van der Waals surface area (Å²) >= 11 is 0. The van der Waals surface area contributed by atoms with Gasteiger partial charge in [0.1, 0.15) is 5.82 Å². The molecular weight excluding hydrogens is 387 g/mol. The number of piperidine rings is 1. The van der Waals surface area contributed by atoms with Crippen molar-refractivity contribution in [2.45, 2.75) is 26.2 Å². The third-order valence-electron chi connectivity index (χ3n) is 5.45. The number of carbonyl (C=O) groups is 2. The van der Waals surface area contributed by atoms with Crippen molar-refractivity contribution in [2.24, 2.45) is 5.92 Å². The lowest BCUT2D eigenvalue weighted by Crippen LogP contribution is -2.39. The third kappa shape index (κ3) is 4.24. The molecule has 30 heavy (non-hydrogen) atoms. The molecule has 0 radical (unpaired) electrons. The first kappa shape index (κ1) is 19.8. The first-order chi connectivity index (χ1) is 14.5. The molecule has 0 bridgehead atoms. The van der Waals surface area contributed by atoms with Crippen LogP contribution in [0.1, 0.15) is 35.3 Å². The average Bonchev–Trinajstić information content (AvgIpc) is 3.37. The summed E-state index contributed by atoms with van der Waals surface area (Å²) in [5, 5.41) is 16.3. The third-order valence-corrected chi connectivity index (χ3v) is 5.45. The van der Waals surface area contributed by atoms with Crippen LogP contribution in [0.25, 0.3) is 11.3 Å². The van der Waals surface area contributed by atoms with Crippen LogP contribution in [-0.4, -0.2) is 50.2 Å². The van der Waals surface area contributed by atoms with Crippen molar-refractivity contribution in [3.05, 3.63) is 53.6 Å². The Bertz CT molecular complexity index is 1050. The first-order valence-corrected chi connectivity index (χ1v) is 9.90. The summed E-state index contributed by atoms with van der Waals surface area (Å²) in [6.45, 7) is 3.05. The van der Waals surface area contributed by atoms with Crippen molar-refractivity contribution in [2.75, 3.05) is 18.4 Å². The summed E-state index contributed by atoms with van der Waals surface area (Å²) in [5.41, 5.74) is 2.26. The summed E-state index contributed by atoms with van der Waals surface area (Å²) in [4.78, 5) is 26.8. The Hall–Kier alpha value is -3.49. The SMILES string of the molecule is Cc1[nH]ncc1C(=O)N1CCC(CC(=O)Nc2cc(-c3ccccc3F)[nH]n2)CC1. The van der Waals surface area contributed by atoms with Gasteiger partial charge in [0, 0.05) is 36.8 Å². The van der Waals surface area contributed by atoms with Crippen molar-refractivity contribution >= 4 is 17.6 Å². The van der Waals surface area contributed by atoms with Crippen molar-refractivity contribution in [3.63, 3.8) is 0 Å². The van der Waals surface area contributed by atoms with Gasteiger partial charge in [-0.2, -0.15) is 10.2 Å². The molecule has 0 spiro atoms. The summed E-state index contributed by atoms with van der Waals surface area (Å²) in [7, 11) is 0. The van der Waals surface area contributed by atoms with Crippen molar-refractivity contribution < 1.29 is 14.0 Å². The van der Waals surface area contributed by atoms with E-state index >= 15 is 0 Å². The van der Waals surface area contributed by atoms with E-state index < -0.39 is 0 Å². The minimum absolute atomic E-state index is 0.0265. The lowest BCUT2D eigenvalue weighted by molar-refractivity contribution is -0.117. The quantitative estimate of drug-likeness (QED) is 0.601. The second-order valence-corrected chi connectivity index (χ2v) is 7.54. The van der Waals surface area contributed by atoms with Crippen LogP contribution in [0, 0.1) is 18.7 Å². The van der Waals surface area contributed by atoms with E-state index in [-0.39, 0.29) is 23.5 Å². The highest BCUT2D eigenvalue weighted by Gasteiger charge is 2.26. The highest BCUT2D eigenvalue weighted by molar-refractivity contribution is 5.95. The Labute approximate surface area is 172 Å². The van der Waals surface area contributed by atoms with Crippen molar-refractivity contribution in [3.8, 4) is 11.3 Å². The van der Waals surface area contributed by atoms with Gasteiger partial charge in [-0.25, -0.2) is 4.39 Å². The summed E-state index contributed by atoms with van der Waals surface area (Å²) < 4.78 is 13.9. The molecule has 0 unspecified atom stereocenters. The van der Waals surface area contributed by atoms with Crippen LogP contribution < -0.4 is 5.32 Å². The molecule has 1 aromatic carbocycles. The smallest absolute Gasteiger partial charge is 0.257 e. The van der Waals surface area contributed by atoms with Gasteiger partial charge in [0.05, 0.1) is 17.5 Å². The molecule has 2 aromatic heterocycles. The standard InChI is InChI=1S/C21H23FN6O2/c1-13-16(12-23-25-13)21(30)28-8-6-14(7-9-28)10-20(29)24-19-11-18(26-27-19)15-4-2-3-5-17(15)22/h2-5,11-12,14H,6-10H2,1H3,(H,23,25)(H2,24,26,27,29). The Morgan fingerprint density at radius 1 is 1.23 bits per heavy atom. The van der Waals surface area contributed by atoms with Gasteiger partial charge in [-0.05, 0) is 37.8 Å². The second-order valence-electron chi connectivity index (χ2n) is 7.54. The predicted molar refractivity (Wildman–Crippen MR) is 109 cm³/mol. The van der Waals surface area contributed by atoms with Crippen LogP contribution in [0.2, 0.25) is 0 Å². The van der Waals surface area contributed by atoms with Crippen LogP contribution in [0.5, 0.6) is 0 Å². The molecule has 8 nitrogen and oxygen atoms in total. The number of halogens is 1. The molecule has 3 N–H and O–H groups in total. The molecule has 9 heteroatoms. The van der Waals surface area contributed by atoms with Crippen LogP contribution in [0.4, 0.5) is 10.2 Å². The first-order valence-electron chi connectivity index (χ1n) is 9.90. The number of aromatic amines is 2. The fourth-order valence-electron chi connectivity index (χ4n) is 3.74. The van der Waals surface area contributed by atoms with E-state index in [2.05, 4.69) is 25.7 Å². The summed E-state index contributed by atoms with van der Waals surface area (Å²) in [6.07, 6.45) is 3.43. The summed E-state index contributed by atoms with van der Waals surface area (Å²) in [6, 6.07) is 7.99. The van der Waals surface area contributed by atoms with Gasteiger partial charge in [-0.3, -0.25) is 19.8 Å². The molecule has 0 atom stereocenters. The van der Waals surface area contributed by atoms with E-state index in [1.807, 2.05) is 6.92 Å². The fraction of sp³-hybridized carbons (Fsp3) is 0.333. The average molecular weight is 410 g/mol. The number of hydrogen-bond acceptors (Lipinski definition) is 4. The number of benzene rings is 1. The molecule has 3 aromatic rings. The molecule has 4 rings (SSSR count). The van der Waals surface area contributed by atoms with E-state index in [1.54, 1.807) is 35.4 Å². The van der Waals surface area contributed by atoms with Crippen LogP contribution >= 0.6 is 0 Å². The number of nitrogens with one attached hydrogen (secondary N) is 3. The molecule has 0 aliphatic carbocycles. The van der Waals surface area contributed by atoms with Gasteiger partial charge in [-0.1, -0.05) is 12.1 Å². The fourth-order valence-corrected chi connectivity index (χ4v) is 3.74. The molecule has 3 heterocycles. The second kappa shape index (κ2) is 8.48. The number of carbonyl (C=O) groups excluding carboxylic acids is 2. The minimum Gasteiger partial charge on any atom is -0.339 e. The van der Waals surface area contributed by atoms with Gasteiger partial charge in [0.25, 0.3) is 5.91 Å². The number of aromatic nitrogens is 4. The number of rotatable bonds is 5. The van der Waals surface area contributed by atoms with Crippen LogP contribution in [-0.2, 0) is 4.79 Å².